The summed E-state index contributed by atoms with van der Waals surface area (Å²) in [6.45, 7) is 9.02. The van der Waals surface area contributed by atoms with Gasteiger partial charge in [0.25, 0.3) is 0 Å². The zero-order valence-electron chi connectivity index (χ0n) is 18.8. The van der Waals surface area contributed by atoms with Gasteiger partial charge in [-0.05, 0) is 69.1 Å². The molecule has 4 nitrogen and oxygen atoms in total. The Morgan fingerprint density at radius 1 is 1.20 bits per heavy atom. The molecule has 3 atom stereocenters. The molecule has 1 saturated heterocycles. The lowest BCUT2D eigenvalue weighted by atomic mass is 9.78. The largest absolute Gasteiger partial charge is 0.494 e. The smallest absolute Gasteiger partial charge is 0.232 e. The molecule has 1 aromatic carbocycles. The van der Waals surface area contributed by atoms with Gasteiger partial charge in [-0.15, -0.1) is 11.8 Å². The molecule has 2 aliphatic heterocycles. The predicted octanol–water partition coefficient (Wildman–Crippen LogP) is 5.85. The quantitative estimate of drug-likeness (QED) is 0.586. The molecule has 0 bridgehead atoms. The molecular weight excluding hydrogens is 394 g/mol. The average molecular weight is 432 g/mol. The van der Waals surface area contributed by atoms with Crippen LogP contribution >= 0.6 is 11.8 Å². The van der Waals surface area contributed by atoms with Crippen LogP contribution in [0.4, 0.5) is 0 Å². The van der Waals surface area contributed by atoms with Crippen LogP contribution in [-0.2, 0) is 4.79 Å². The van der Waals surface area contributed by atoms with E-state index in [1.165, 1.54) is 31.2 Å². The van der Waals surface area contributed by atoms with Crippen molar-refractivity contribution >= 4 is 17.7 Å². The highest BCUT2D eigenvalue weighted by Crippen LogP contribution is 2.51. The second-order valence-electron chi connectivity index (χ2n) is 9.73. The first-order valence-corrected chi connectivity index (χ1v) is 12.9. The Bertz CT molecular complexity index is 736. The van der Waals surface area contributed by atoms with Crippen LogP contribution in [0.15, 0.2) is 18.2 Å². The molecule has 30 heavy (non-hydrogen) atoms. The van der Waals surface area contributed by atoms with E-state index in [0.29, 0.717) is 30.1 Å². The number of thioether (sulfide) groups is 1. The van der Waals surface area contributed by atoms with Crippen molar-refractivity contribution in [1.29, 1.82) is 0 Å². The summed E-state index contributed by atoms with van der Waals surface area (Å²) in [4.78, 5) is 15.1. The minimum Gasteiger partial charge on any atom is -0.494 e. The van der Waals surface area contributed by atoms with Crippen molar-refractivity contribution in [3.05, 3.63) is 23.8 Å². The topological polar surface area (TPSA) is 38.8 Å². The molecule has 1 spiro atoms. The van der Waals surface area contributed by atoms with E-state index in [2.05, 4.69) is 30.9 Å². The van der Waals surface area contributed by atoms with Crippen molar-refractivity contribution in [3.8, 4) is 11.5 Å². The van der Waals surface area contributed by atoms with Gasteiger partial charge < -0.3 is 14.4 Å². The van der Waals surface area contributed by atoms with E-state index < -0.39 is 0 Å². The molecule has 1 amide bonds. The van der Waals surface area contributed by atoms with E-state index in [9.17, 15) is 4.79 Å². The fraction of sp³-hybridized carbons (Fsp3) is 0.720. The maximum Gasteiger partial charge on any atom is 0.232 e. The molecule has 4 rings (SSSR count). The number of piperidine rings is 1. The van der Waals surface area contributed by atoms with Crippen LogP contribution in [0.3, 0.4) is 0 Å². The Morgan fingerprint density at radius 3 is 2.63 bits per heavy atom. The van der Waals surface area contributed by atoms with Crippen LogP contribution < -0.4 is 9.47 Å². The first-order chi connectivity index (χ1) is 14.5. The molecule has 1 aromatic rings. The van der Waals surface area contributed by atoms with Gasteiger partial charge in [0, 0.05) is 30.3 Å². The molecule has 5 heteroatoms. The van der Waals surface area contributed by atoms with Crippen molar-refractivity contribution in [2.24, 2.45) is 11.8 Å². The standard InChI is InChI=1S/C25H37NO3S/c1-4-28-20-8-9-22-21(13-20)23(14-25(29-22)10-6-5-7-11-25)30-17-24(27)26-15-18(2)12-19(3)16-26/h8-9,13,18-19,23H,4-7,10-12,14-17H2,1-3H3. The van der Waals surface area contributed by atoms with E-state index in [-0.39, 0.29) is 10.9 Å². The third-order valence-corrected chi connectivity index (χ3v) is 8.15. The van der Waals surface area contributed by atoms with Gasteiger partial charge in [-0.25, -0.2) is 0 Å². The Morgan fingerprint density at radius 2 is 1.93 bits per heavy atom. The average Bonchev–Trinajstić information content (AvgIpc) is 2.72. The Kier molecular flexibility index (Phi) is 6.86. The highest BCUT2D eigenvalue weighted by atomic mass is 32.2. The third kappa shape index (κ3) is 4.92. The van der Waals surface area contributed by atoms with Gasteiger partial charge in [-0.3, -0.25) is 4.79 Å². The maximum absolute atomic E-state index is 13.0. The molecule has 0 N–H and O–H groups in total. The number of hydrogen-bond acceptors (Lipinski definition) is 4. The van der Waals surface area contributed by atoms with Crippen LogP contribution in [0, 0.1) is 11.8 Å². The summed E-state index contributed by atoms with van der Waals surface area (Å²) < 4.78 is 12.4. The van der Waals surface area contributed by atoms with E-state index in [1.807, 2.05) is 24.8 Å². The second kappa shape index (κ2) is 9.42. The fourth-order valence-electron chi connectivity index (χ4n) is 5.63. The molecule has 2 fully saturated rings. The van der Waals surface area contributed by atoms with Gasteiger partial charge in [0.05, 0.1) is 12.4 Å². The highest BCUT2D eigenvalue weighted by Gasteiger charge is 2.42. The number of likely N-dealkylation sites (tertiary alicyclic amines) is 1. The number of carbonyl (C=O) groups is 1. The SMILES string of the molecule is CCOc1ccc2c(c1)C(SCC(=O)N1CC(C)CC(C)C1)CC1(CCCCC1)O2. The number of fused-ring (bicyclic) bond motifs is 1. The Balaban J connectivity index is 1.50. The van der Waals surface area contributed by atoms with Gasteiger partial charge >= 0.3 is 0 Å². The molecule has 1 aliphatic carbocycles. The lowest BCUT2D eigenvalue weighted by Crippen LogP contribution is -2.44. The van der Waals surface area contributed by atoms with Crippen molar-refractivity contribution in [2.45, 2.75) is 76.6 Å². The molecule has 0 aromatic heterocycles. The van der Waals surface area contributed by atoms with E-state index in [0.717, 1.165) is 43.9 Å². The lowest BCUT2D eigenvalue weighted by Gasteiger charge is -2.44. The number of nitrogens with zero attached hydrogens (tertiary/aromatic N) is 1. The number of carbonyl (C=O) groups excluding carboxylic acids is 1. The summed E-state index contributed by atoms with van der Waals surface area (Å²) in [5.74, 6) is 3.95. The number of benzene rings is 1. The van der Waals surface area contributed by atoms with Gasteiger partial charge in [-0.2, -0.15) is 0 Å². The summed E-state index contributed by atoms with van der Waals surface area (Å²) in [7, 11) is 0. The van der Waals surface area contributed by atoms with Gasteiger partial charge in [0.1, 0.15) is 17.1 Å². The molecule has 166 valence electrons. The van der Waals surface area contributed by atoms with Gasteiger partial charge in [-0.1, -0.05) is 20.3 Å². The predicted molar refractivity (Wildman–Crippen MR) is 123 cm³/mol. The zero-order valence-corrected chi connectivity index (χ0v) is 19.6. The van der Waals surface area contributed by atoms with Crippen LogP contribution in [0.25, 0.3) is 0 Å². The maximum atomic E-state index is 13.0. The van der Waals surface area contributed by atoms with Crippen molar-refractivity contribution in [3.63, 3.8) is 0 Å². The molecule has 1 saturated carbocycles. The van der Waals surface area contributed by atoms with Crippen molar-refractivity contribution in [1.82, 2.24) is 4.90 Å². The summed E-state index contributed by atoms with van der Waals surface area (Å²) in [5.41, 5.74) is 1.16. The van der Waals surface area contributed by atoms with Crippen LogP contribution in [0.5, 0.6) is 11.5 Å². The minimum absolute atomic E-state index is 0.0484. The Labute approximate surface area is 186 Å². The van der Waals surface area contributed by atoms with E-state index in [1.54, 1.807) is 0 Å². The molecule has 3 unspecified atom stereocenters. The normalized spacial score (nSPS) is 28.0. The second-order valence-corrected chi connectivity index (χ2v) is 10.9. The minimum atomic E-state index is -0.0484. The summed E-state index contributed by atoms with van der Waals surface area (Å²) >= 11 is 1.81. The van der Waals surface area contributed by atoms with E-state index >= 15 is 0 Å². The summed E-state index contributed by atoms with van der Waals surface area (Å²) in [5, 5.41) is 0.288. The first kappa shape index (κ1) is 21.9. The monoisotopic (exact) mass is 431 g/mol. The van der Waals surface area contributed by atoms with Crippen molar-refractivity contribution < 1.29 is 14.3 Å². The molecule has 3 aliphatic rings. The first-order valence-electron chi connectivity index (χ1n) is 11.8. The summed E-state index contributed by atoms with van der Waals surface area (Å²) in [6.07, 6.45) is 8.28. The number of amides is 1. The molecule has 0 radical (unpaired) electrons. The van der Waals surface area contributed by atoms with Crippen molar-refractivity contribution in [2.75, 3.05) is 25.4 Å². The number of ether oxygens (including phenoxy) is 2. The van der Waals surface area contributed by atoms with E-state index in [4.69, 9.17) is 9.47 Å². The molecule has 2 heterocycles. The Hall–Kier alpha value is -1.36. The third-order valence-electron chi connectivity index (χ3n) is 6.92. The van der Waals surface area contributed by atoms with Crippen LogP contribution in [0.2, 0.25) is 0 Å². The lowest BCUT2D eigenvalue weighted by molar-refractivity contribution is -0.131. The zero-order chi connectivity index (χ0) is 21.1. The highest BCUT2D eigenvalue weighted by molar-refractivity contribution is 8.00. The number of rotatable bonds is 5. The van der Waals surface area contributed by atoms with Gasteiger partial charge in [0.15, 0.2) is 0 Å². The van der Waals surface area contributed by atoms with Crippen LogP contribution in [-0.4, -0.2) is 41.9 Å². The van der Waals surface area contributed by atoms with Gasteiger partial charge in [0.2, 0.25) is 5.91 Å². The summed E-state index contributed by atoms with van der Waals surface area (Å²) in [6, 6.07) is 6.24. The number of hydrogen-bond donors (Lipinski definition) is 0. The fourth-order valence-corrected chi connectivity index (χ4v) is 6.94. The molecular formula is C25H37NO3S. The van der Waals surface area contributed by atoms with Crippen LogP contribution in [0.1, 0.15) is 76.5 Å².